The summed E-state index contributed by atoms with van der Waals surface area (Å²) in [6.07, 6.45) is 2.79. The topological polar surface area (TPSA) is 69.6 Å². The average Bonchev–Trinajstić information content (AvgIpc) is 2.52. The number of carboxylic acids is 1. The molecular weight excluding hydrogens is 268 g/mol. The molecule has 1 aromatic carbocycles. The number of carbonyl (C=O) groups is 2. The molecule has 1 aliphatic rings. The number of likely N-dealkylation sites (tertiary alicyclic amines) is 1. The number of piperidine rings is 1. The molecule has 1 aromatic rings. The third-order valence-electron chi connectivity index (χ3n) is 3.86. The fraction of sp³-hybridized carbons (Fsp3) is 0.500. The Morgan fingerprint density at radius 2 is 2.05 bits per heavy atom. The molecule has 0 saturated carbocycles. The molecule has 1 saturated heterocycles. The van der Waals surface area contributed by atoms with E-state index in [2.05, 4.69) is 5.32 Å². The Kier molecular flexibility index (Phi) is 5.60. The van der Waals surface area contributed by atoms with Crippen molar-refractivity contribution < 1.29 is 14.7 Å². The zero-order valence-electron chi connectivity index (χ0n) is 12.1. The van der Waals surface area contributed by atoms with Crippen molar-refractivity contribution in [2.24, 2.45) is 5.92 Å². The van der Waals surface area contributed by atoms with Crippen molar-refractivity contribution in [3.05, 3.63) is 35.9 Å². The minimum Gasteiger partial charge on any atom is -0.481 e. The second-order valence-electron chi connectivity index (χ2n) is 5.53. The largest absolute Gasteiger partial charge is 0.481 e. The Labute approximate surface area is 125 Å². The first-order valence-corrected chi connectivity index (χ1v) is 7.43. The molecule has 1 atom stereocenters. The molecule has 1 aliphatic heterocycles. The molecule has 0 aromatic heterocycles. The lowest BCUT2D eigenvalue weighted by atomic mass is 9.93. The highest BCUT2D eigenvalue weighted by Crippen LogP contribution is 2.21. The highest BCUT2D eigenvalue weighted by molar-refractivity contribution is 5.74. The minimum atomic E-state index is -0.763. The lowest BCUT2D eigenvalue weighted by Gasteiger charge is -2.32. The highest BCUT2D eigenvalue weighted by Gasteiger charge is 2.23. The maximum atomic E-state index is 12.2. The van der Waals surface area contributed by atoms with Gasteiger partial charge in [0, 0.05) is 26.1 Å². The van der Waals surface area contributed by atoms with Gasteiger partial charge in [0.1, 0.15) is 0 Å². The predicted molar refractivity (Wildman–Crippen MR) is 79.8 cm³/mol. The molecule has 0 spiro atoms. The number of hydrogen-bond acceptors (Lipinski definition) is 2. The van der Waals surface area contributed by atoms with E-state index in [-0.39, 0.29) is 12.5 Å². The molecule has 5 heteroatoms. The second kappa shape index (κ2) is 7.67. The van der Waals surface area contributed by atoms with Gasteiger partial charge >= 0.3 is 12.0 Å². The number of aliphatic carboxylic acids is 1. The van der Waals surface area contributed by atoms with Crippen LogP contribution in [0.3, 0.4) is 0 Å². The number of benzene rings is 1. The van der Waals surface area contributed by atoms with E-state index in [1.54, 1.807) is 4.90 Å². The standard InChI is InChI=1S/C16H22N2O3/c19-15(20)9-8-14-7-4-10-18(12-14)16(21)17-11-13-5-2-1-3-6-13/h1-3,5-6,14H,4,7-12H2,(H,17,21)(H,19,20). The average molecular weight is 290 g/mol. The van der Waals surface area contributed by atoms with Gasteiger partial charge in [0.05, 0.1) is 0 Å². The van der Waals surface area contributed by atoms with Gasteiger partial charge in [0.25, 0.3) is 0 Å². The Bertz CT molecular complexity index is 476. The van der Waals surface area contributed by atoms with Gasteiger partial charge in [-0.1, -0.05) is 30.3 Å². The van der Waals surface area contributed by atoms with Gasteiger partial charge in [-0.3, -0.25) is 4.79 Å². The zero-order valence-corrected chi connectivity index (χ0v) is 12.1. The van der Waals surface area contributed by atoms with E-state index in [1.165, 1.54) is 0 Å². The van der Waals surface area contributed by atoms with Gasteiger partial charge in [0.15, 0.2) is 0 Å². The highest BCUT2D eigenvalue weighted by atomic mass is 16.4. The van der Waals surface area contributed by atoms with E-state index >= 15 is 0 Å². The quantitative estimate of drug-likeness (QED) is 0.875. The molecule has 1 fully saturated rings. The molecule has 1 heterocycles. The van der Waals surface area contributed by atoms with Gasteiger partial charge in [-0.05, 0) is 30.7 Å². The smallest absolute Gasteiger partial charge is 0.317 e. The summed E-state index contributed by atoms with van der Waals surface area (Å²) in [6.45, 7) is 1.94. The van der Waals surface area contributed by atoms with Gasteiger partial charge in [0.2, 0.25) is 0 Å². The van der Waals surface area contributed by atoms with Crippen LogP contribution in [-0.2, 0) is 11.3 Å². The third kappa shape index (κ3) is 5.10. The minimum absolute atomic E-state index is 0.0566. The Balaban J connectivity index is 1.77. The zero-order chi connectivity index (χ0) is 15.1. The summed E-state index contributed by atoms with van der Waals surface area (Å²) in [6, 6.07) is 9.74. The number of rotatable bonds is 5. The lowest BCUT2D eigenvalue weighted by molar-refractivity contribution is -0.137. The van der Waals surface area contributed by atoms with Crippen LogP contribution in [0.15, 0.2) is 30.3 Å². The first-order chi connectivity index (χ1) is 10.1. The van der Waals surface area contributed by atoms with Crippen molar-refractivity contribution >= 4 is 12.0 Å². The van der Waals surface area contributed by atoms with E-state index in [4.69, 9.17) is 5.11 Å². The van der Waals surface area contributed by atoms with Crippen molar-refractivity contribution in [3.63, 3.8) is 0 Å². The monoisotopic (exact) mass is 290 g/mol. The number of carboxylic acid groups (broad SMARTS) is 1. The molecule has 2 amide bonds. The second-order valence-corrected chi connectivity index (χ2v) is 5.53. The molecular formula is C16H22N2O3. The van der Waals surface area contributed by atoms with E-state index in [0.29, 0.717) is 25.4 Å². The summed E-state index contributed by atoms with van der Waals surface area (Å²) < 4.78 is 0. The molecule has 0 radical (unpaired) electrons. The molecule has 0 aliphatic carbocycles. The first-order valence-electron chi connectivity index (χ1n) is 7.43. The van der Waals surface area contributed by atoms with Crippen LogP contribution in [0.4, 0.5) is 4.79 Å². The van der Waals surface area contributed by atoms with Crippen LogP contribution < -0.4 is 5.32 Å². The molecule has 0 bridgehead atoms. The first kappa shape index (κ1) is 15.4. The number of nitrogens with one attached hydrogen (secondary N) is 1. The number of carbonyl (C=O) groups excluding carboxylic acids is 1. The van der Waals surface area contributed by atoms with Crippen LogP contribution in [-0.4, -0.2) is 35.1 Å². The number of nitrogens with zero attached hydrogens (tertiary/aromatic N) is 1. The lowest BCUT2D eigenvalue weighted by Crippen LogP contribution is -2.45. The van der Waals surface area contributed by atoms with Crippen LogP contribution in [0, 0.1) is 5.92 Å². The summed E-state index contributed by atoms with van der Waals surface area (Å²) in [5, 5.41) is 11.7. The van der Waals surface area contributed by atoms with Gasteiger partial charge < -0.3 is 15.3 Å². The molecule has 5 nitrogen and oxygen atoms in total. The predicted octanol–water partition coefficient (Wildman–Crippen LogP) is 2.47. The fourth-order valence-electron chi connectivity index (χ4n) is 2.70. The Morgan fingerprint density at radius 1 is 1.29 bits per heavy atom. The number of hydrogen-bond donors (Lipinski definition) is 2. The van der Waals surface area contributed by atoms with Crippen molar-refractivity contribution in [1.29, 1.82) is 0 Å². The summed E-state index contributed by atoms with van der Waals surface area (Å²) in [5.74, 6) is -0.460. The van der Waals surface area contributed by atoms with Crippen molar-refractivity contribution in [3.8, 4) is 0 Å². The maximum Gasteiger partial charge on any atom is 0.317 e. The Hall–Kier alpha value is -2.04. The summed E-state index contributed by atoms with van der Waals surface area (Å²) in [4.78, 5) is 24.6. The summed E-state index contributed by atoms with van der Waals surface area (Å²) in [7, 11) is 0. The van der Waals surface area contributed by atoms with E-state index in [9.17, 15) is 9.59 Å². The van der Waals surface area contributed by atoms with E-state index < -0.39 is 5.97 Å². The van der Waals surface area contributed by atoms with Crippen LogP contribution in [0.2, 0.25) is 0 Å². The van der Waals surface area contributed by atoms with Gasteiger partial charge in [-0.25, -0.2) is 4.79 Å². The SMILES string of the molecule is O=C(O)CCC1CCCN(C(=O)NCc2ccccc2)C1. The van der Waals surface area contributed by atoms with E-state index in [0.717, 1.165) is 24.9 Å². The van der Waals surface area contributed by atoms with Gasteiger partial charge in [-0.2, -0.15) is 0 Å². The molecule has 114 valence electrons. The van der Waals surface area contributed by atoms with Gasteiger partial charge in [-0.15, -0.1) is 0 Å². The van der Waals surface area contributed by atoms with Crippen LogP contribution >= 0.6 is 0 Å². The number of amides is 2. The van der Waals surface area contributed by atoms with Crippen molar-refractivity contribution in [2.75, 3.05) is 13.1 Å². The van der Waals surface area contributed by atoms with E-state index in [1.807, 2.05) is 30.3 Å². The van der Waals surface area contributed by atoms with Crippen molar-refractivity contribution in [2.45, 2.75) is 32.2 Å². The van der Waals surface area contributed by atoms with Crippen LogP contribution in [0.5, 0.6) is 0 Å². The summed E-state index contributed by atoms with van der Waals surface area (Å²) >= 11 is 0. The number of urea groups is 1. The fourth-order valence-corrected chi connectivity index (χ4v) is 2.70. The molecule has 2 rings (SSSR count). The Morgan fingerprint density at radius 3 is 2.76 bits per heavy atom. The third-order valence-corrected chi connectivity index (χ3v) is 3.86. The maximum absolute atomic E-state index is 12.2. The molecule has 1 unspecified atom stereocenters. The normalized spacial score (nSPS) is 18.3. The van der Waals surface area contributed by atoms with Crippen LogP contribution in [0.1, 0.15) is 31.2 Å². The molecule has 2 N–H and O–H groups in total. The molecule has 21 heavy (non-hydrogen) atoms. The summed E-state index contributed by atoms with van der Waals surface area (Å²) in [5.41, 5.74) is 1.07. The van der Waals surface area contributed by atoms with Crippen molar-refractivity contribution in [1.82, 2.24) is 10.2 Å². The van der Waals surface area contributed by atoms with Crippen LogP contribution in [0.25, 0.3) is 0 Å².